The van der Waals surface area contributed by atoms with Gasteiger partial charge in [0.2, 0.25) is 0 Å². The summed E-state index contributed by atoms with van der Waals surface area (Å²) in [5, 5.41) is 3.10. The molecule has 1 N–H and O–H groups in total. The molecule has 0 spiro atoms. The van der Waals surface area contributed by atoms with Crippen LogP contribution in [0.15, 0.2) is 23.4 Å². The number of pyridine rings is 1. The molecule has 7 heteroatoms. The van der Waals surface area contributed by atoms with Gasteiger partial charge in [-0.3, -0.25) is 0 Å². The van der Waals surface area contributed by atoms with Crippen LogP contribution >= 0.6 is 0 Å². The van der Waals surface area contributed by atoms with Gasteiger partial charge in [-0.25, -0.2) is 13.4 Å². The Labute approximate surface area is 121 Å². The second-order valence-electron chi connectivity index (χ2n) is 4.08. The van der Waals surface area contributed by atoms with Crippen molar-refractivity contribution in [1.29, 1.82) is 0 Å². The van der Waals surface area contributed by atoms with E-state index >= 15 is 0 Å². The Morgan fingerprint density at radius 2 is 2.10 bits per heavy atom. The molecule has 1 heterocycles. The second-order valence-corrected chi connectivity index (χ2v) is 5.93. The maximum absolute atomic E-state index is 12.6. The predicted octanol–water partition coefficient (Wildman–Crippen LogP) is 1.56. The molecule has 1 aromatic rings. The molecule has 114 valence electrons. The van der Waals surface area contributed by atoms with E-state index in [4.69, 9.17) is 4.74 Å². The Bertz CT molecular complexity index is 505. The topological polar surface area (TPSA) is 71.5 Å². The third kappa shape index (κ3) is 4.16. The Hall–Kier alpha value is -1.18. The molecule has 0 aliphatic carbocycles. The first kappa shape index (κ1) is 16.9. The number of likely N-dealkylation sites (N-methyl/N-ethyl adjacent to an activating group) is 1. The van der Waals surface area contributed by atoms with Crippen molar-refractivity contribution in [2.75, 3.05) is 38.2 Å². The minimum absolute atomic E-state index is 0.0696. The van der Waals surface area contributed by atoms with Crippen molar-refractivity contribution in [2.24, 2.45) is 0 Å². The Morgan fingerprint density at radius 3 is 2.70 bits per heavy atom. The van der Waals surface area contributed by atoms with Crippen LogP contribution in [0.5, 0.6) is 0 Å². The Balaban J connectivity index is 3.01. The highest BCUT2D eigenvalue weighted by atomic mass is 32.2. The molecule has 0 saturated carbocycles. The number of nitrogens with one attached hydrogen (secondary N) is 1. The van der Waals surface area contributed by atoms with Gasteiger partial charge < -0.3 is 10.1 Å². The number of aromatic nitrogens is 1. The van der Waals surface area contributed by atoms with Gasteiger partial charge in [-0.1, -0.05) is 6.92 Å². The average molecular weight is 301 g/mol. The molecular formula is C13H23N3O3S. The minimum atomic E-state index is -3.60. The standard InChI is InChI=1S/C13H23N3O3S/c1-4-14-12-8-7-9-15-13(12)20(17,18)16(5-2)10-11-19-6-3/h7-9,14H,4-6,10-11H2,1-3H3. The largest absolute Gasteiger partial charge is 0.383 e. The van der Waals surface area contributed by atoms with Crippen molar-refractivity contribution in [3.05, 3.63) is 18.3 Å². The second kappa shape index (κ2) is 8.18. The monoisotopic (exact) mass is 301 g/mol. The fourth-order valence-corrected chi connectivity index (χ4v) is 3.31. The summed E-state index contributed by atoms with van der Waals surface area (Å²) >= 11 is 0. The van der Waals surface area contributed by atoms with E-state index in [1.54, 1.807) is 19.1 Å². The van der Waals surface area contributed by atoms with Crippen LogP contribution in [0.25, 0.3) is 0 Å². The van der Waals surface area contributed by atoms with Crippen molar-refractivity contribution in [2.45, 2.75) is 25.8 Å². The van der Waals surface area contributed by atoms with Gasteiger partial charge in [-0.15, -0.1) is 0 Å². The van der Waals surface area contributed by atoms with Gasteiger partial charge >= 0.3 is 0 Å². The van der Waals surface area contributed by atoms with E-state index < -0.39 is 10.0 Å². The highest BCUT2D eigenvalue weighted by Gasteiger charge is 2.26. The van der Waals surface area contributed by atoms with E-state index in [0.717, 1.165) is 0 Å². The van der Waals surface area contributed by atoms with Crippen molar-refractivity contribution in [3.63, 3.8) is 0 Å². The molecule has 0 bridgehead atoms. The summed E-state index contributed by atoms with van der Waals surface area (Å²) in [6, 6.07) is 3.44. The van der Waals surface area contributed by atoms with E-state index in [0.29, 0.717) is 38.5 Å². The zero-order valence-corrected chi connectivity index (χ0v) is 13.1. The molecule has 0 fully saturated rings. The molecule has 0 atom stereocenters. The van der Waals surface area contributed by atoms with Gasteiger partial charge in [-0.2, -0.15) is 4.31 Å². The van der Waals surface area contributed by atoms with E-state index in [1.807, 2.05) is 13.8 Å². The van der Waals surface area contributed by atoms with Crippen LogP contribution in [0.2, 0.25) is 0 Å². The van der Waals surface area contributed by atoms with E-state index in [1.165, 1.54) is 10.5 Å². The molecule has 0 radical (unpaired) electrons. The van der Waals surface area contributed by atoms with Gasteiger partial charge in [-0.05, 0) is 26.0 Å². The molecule has 6 nitrogen and oxygen atoms in total. The third-order valence-corrected chi connectivity index (χ3v) is 4.70. The van der Waals surface area contributed by atoms with Crippen LogP contribution in [0, 0.1) is 0 Å². The SMILES string of the molecule is CCNc1cccnc1S(=O)(=O)N(CC)CCOCC. The third-order valence-electron chi connectivity index (χ3n) is 2.76. The lowest BCUT2D eigenvalue weighted by Gasteiger charge is -2.21. The molecule has 0 saturated heterocycles. The number of rotatable bonds is 9. The number of sulfonamides is 1. The molecular weight excluding hydrogens is 278 g/mol. The lowest BCUT2D eigenvalue weighted by molar-refractivity contribution is 0.135. The minimum Gasteiger partial charge on any atom is -0.383 e. The predicted molar refractivity (Wildman–Crippen MR) is 79.3 cm³/mol. The Morgan fingerprint density at radius 1 is 1.35 bits per heavy atom. The van der Waals surface area contributed by atoms with Crippen molar-refractivity contribution >= 4 is 15.7 Å². The number of hydrogen-bond acceptors (Lipinski definition) is 5. The van der Waals surface area contributed by atoms with Crippen LogP contribution in [0.4, 0.5) is 5.69 Å². The molecule has 0 amide bonds. The maximum Gasteiger partial charge on any atom is 0.262 e. The number of ether oxygens (including phenoxy) is 1. The summed E-state index contributed by atoms with van der Waals surface area (Å²) in [6.45, 7) is 7.91. The molecule has 0 aliphatic rings. The zero-order chi connectivity index (χ0) is 15.0. The summed E-state index contributed by atoms with van der Waals surface area (Å²) < 4.78 is 31.9. The highest BCUT2D eigenvalue weighted by molar-refractivity contribution is 7.89. The summed E-state index contributed by atoms with van der Waals surface area (Å²) in [7, 11) is -3.60. The fourth-order valence-electron chi connectivity index (χ4n) is 1.80. The smallest absolute Gasteiger partial charge is 0.262 e. The van der Waals surface area contributed by atoms with Crippen molar-refractivity contribution in [3.8, 4) is 0 Å². The molecule has 20 heavy (non-hydrogen) atoms. The van der Waals surface area contributed by atoms with E-state index in [2.05, 4.69) is 10.3 Å². The lowest BCUT2D eigenvalue weighted by Crippen LogP contribution is -2.34. The lowest BCUT2D eigenvalue weighted by atomic mass is 10.4. The summed E-state index contributed by atoms with van der Waals surface area (Å²) in [5.74, 6) is 0. The fraction of sp³-hybridized carbons (Fsp3) is 0.615. The molecule has 1 rings (SSSR count). The van der Waals surface area contributed by atoms with Crippen molar-refractivity contribution < 1.29 is 13.2 Å². The normalized spacial score (nSPS) is 11.8. The first-order chi connectivity index (χ1) is 9.57. The van der Waals surface area contributed by atoms with Crippen molar-refractivity contribution in [1.82, 2.24) is 9.29 Å². The Kier molecular flexibility index (Phi) is 6.90. The van der Waals surface area contributed by atoms with Crippen LogP contribution in [-0.4, -0.2) is 50.6 Å². The number of hydrogen-bond donors (Lipinski definition) is 1. The van der Waals surface area contributed by atoms with E-state index in [9.17, 15) is 8.42 Å². The zero-order valence-electron chi connectivity index (χ0n) is 12.3. The molecule has 1 aromatic heterocycles. The van der Waals surface area contributed by atoms with Gasteiger partial charge in [0.15, 0.2) is 5.03 Å². The maximum atomic E-state index is 12.6. The van der Waals surface area contributed by atoms with Gasteiger partial charge in [0, 0.05) is 32.4 Å². The summed E-state index contributed by atoms with van der Waals surface area (Å²) in [4.78, 5) is 4.03. The van der Waals surface area contributed by atoms with Crippen LogP contribution in [0.3, 0.4) is 0 Å². The number of anilines is 1. The van der Waals surface area contributed by atoms with Gasteiger partial charge in [0.05, 0.1) is 12.3 Å². The van der Waals surface area contributed by atoms with Crippen LogP contribution in [0.1, 0.15) is 20.8 Å². The first-order valence-electron chi connectivity index (χ1n) is 6.84. The average Bonchev–Trinajstić information content (AvgIpc) is 2.44. The van der Waals surface area contributed by atoms with Gasteiger partial charge in [0.25, 0.3) is 10.0 Å². The van der Waals surface area contributed by atoms with Crippen LogP contribution in [-0.2, 0) is 14.8 Å². The molecule has 0 aliphatic heterocycles. The molecule has 0 unspecified atom stereocenters. The molecule has 0 aromatic carbocycles. The van der Waals surface area contributed by atoms with Crippen LogP contribution < -0.4 is 5.32 Å². The van der Waals surface area contributed by atoms with E-state index in [-0.39, 0.29) is 5.03 Å². The number of nitrogens with zero attached hydrogens (tertiary/aromatic N) is 2. The highest BCUT2D eigenvalue weighted by Crippen LogP contribution is 2.21. The summed E-state index contributed by atoms with van der Waals surface area (Å²) in [6.07, 6.45) is 1.49. The summed E-state index contributed by atoms with van der Waals surface area (Å²) in [5.41, 5.74) is 0.532. The quantitative estimate of drug-likeness (QED) is 0.701. The first-order valence-corrected chi connectivity index (χ1v) is 8.28. The van der Waals surface area contributed by atoms with Gasteiger partial charge in [0.1, 0.15) is 0 Å².